The molecule has 0 amide bonds. The van der Waals surface area contributed by atoms with Gasteiger partial charge in [-0.3, -0.25) is 0 Å². The Morgan fingerprint density at radius 3 is 3.07 bits per heavy atom. The van der Waals surface area contributed by atoms with Crippen LogP contribution in [-0.4, -0.2) is 22.0 Å². The standard InChI is InChI=1S/C11H15ClN2O/c12-5-8-3-4-15-11(8)10-6-13-7-14(10)9-1-2-9/h6-9,11H,1-5H2. The van der Waals surface area contributed by atoms with Crippen LogP contribution in [0.25, 0.3) is 0 Å². The van der Waals surface area contributed by atoms with E-state index in [1.165, 1.54) is 18.5 Å². The molecule has 2 aliphatic rings. The van der Waals surface area contributed by atoms with Gasteiger partial charge in [0.15, 0.2) is 0 Å². The summed E-state index contributed by atoms with van der Waals surface area (Å²) in [5.74, 6) is 1.14. The number of rotatable bonds is 3. The predicted octanol–water partition coefficient (Wildman–Crippen LogP) is 2.53. The van der Waals surface area contributed by atoms with Gasteiger partial charge in [-0.25, -0.2) is 4.98 Å². The van der Waals surface area contributed by atoms with Crippen LogP contribution < -0.4 is 0 Å². The Hall–Kier alpha value is -0.540. The van der Waals surface area contributed by atoms with Crippen LogP contribution in [0.5, 0.6) is 0 Å². The quantitative estimate of drug-likeness (QED) is 0.741. The molecule has 2 atom stereocenters. The van der Waals surface area contributed by atoms with E-state index in [0.717, 1.165) is 13.0 Å². The molecule has 2 unspecified atom stereocenters. The van der Waals surface area contributed by atoms with Gasteiger partial charge in [-0.15, -0.1) is 11.6 Å². The van der Waals surface area contributed by atoms with E-state index in [1.54, 1.807) is 0 Å². The molecule has 82 valence electrons. The van der Waals surface area contributed by atoms with Crippen molar-refractivity contribution >= 4 is 11.6 Å². The van der Waals surface area contributed by atoms with Crippen LogP contribution in [-0.2, 0) is 4.74 Å². The first kappa shape index (κ1) is 9.67. The Labute approximate surface area is 94.4 Å². The smallest absolute Gasteiger partial charge is 0.103 e. The van der Waals surface area contributed by atoms with Crippen molar-refractivity contribution in [3.63, 3.8) is 0 Å². The number of ether oxygens (including phenoxy) is 1. The maximum atomic E-state index is 5.96. The van der Waals surface area contributed by atoms with Gasteiger partial charge < -0.3 is 9.30 Å². The molecule has 1 aliphatic carbocycles. The van der Waals surface area contributed by atoms with Crippen molar-refractivity contribution in [3.05, 3.63) is 18.2 Å². The molecule has 0 bridgehead atoms. The Bertz CT molecular complexity index is 348. The minimum Gasteiger partial charge on any atom is -0.372 e. The number of aromatic nitrogens is 2. The summed E-state index contributed by atoms with van der Waals surface area (Å²) in [6.45, 7) is 0.831. The number of hydrogen-bond acceptors (Lipinski definition) is 2. The Morgan fingerprint density at radius 2 is 2.33 bits per heavy atom. The minimum atomic E-state index is 0.172. The van der Waals surface area contributed by atoms with Crippen LogP contribution >= 0.6 is 11.6 Å². The molecule has 1 aromatic rings. The van der Waals surface area contributed by atoms with Gasteiger partial charge in [0.25, 0.3) is 0 Å². The van der Waals surface area contributed by atoms with E-state index in [-0.39, 0.29) is 6.10 Å². The fourth-order valence-electron chi connectivity index (χ4n) is 2.31. The van der Waals surface area contributed by atoms with E-state index < -0.39 is 0 Å². The number of halogens is 1. The molecule has 3 rings (SSSR count). The molecule has 1 saturated carbocycles. The third kappa shape index (κ3) is 1.68. The highest BCUT2D eigenvalue weighted by molar-refractivity contribution is 6.18. The number of hydrogen-bond donors (Lipinski definition) is 0. The average molecular weight is 227 g/mol. The van der Waals surface area contributed by atoms with Gasteiger partial charge in [-0.1, -0.05) is 0 Å². The molecule has 2 fully saturated rings. The zero-order chi connectivity index (χ0) is 10.3. The lowest BCUT2D eigenvalue weighted by Crippen LogP contribution is -2.13. The van der Waals surface area contributed by atoms with E-state index >= 15 is 0 Å². The zero-order valence-corrected chi connectivity index (χ0v) is 9.36. The van der Waals surface area contributed by atoms with E-state index in [4.69, 9.17) is 16.3 Å². The van der Waals surface area contributed by atoms with Crippen LogP contribution in [0.1, 0.15) is 37.1 Å². The normalized spacial score (nSPS) is 31.0. The third-order valence-corrected chi connectivity index (χ3v) is 3.74. The van der Waals surface area contributed by atoms with Crippen LogP contribution in [0.4, 0.5) is 0 Å². The molecule has 1 aliphatic heterocycles. The molecule has 0 aromatic carbocycles. The van der Waals surface area contributed by atoms with E-state index in [2.05, 4.69) is 9.55 Å². The molecule has 2 heterocycles. The van der Waals surface area contributed by atoms with Crippen molar-refractivity contribution in [1.29, 1.82) is 0 Å². The first-order valence-corrected chi connectivity index (χ1v) is 6.13. The minimum absolute atomic E-state index is 0.172. The van der Waals surface area contributed by atoms with Crippen molar-refractivity contribution in [2.24, 2.45) is 5.92 Å². The van der Waals surface area contributed by atoms with Crippen molar-refractivity contribution in [2.75, 3.05) is 12.5 Å². The van der Waals surface area contributed by atoms with Crippen LogP contribution in [0.3, 0.4) is 0 Å². The van der Waals surface area contributed by atoms with Gasteiger partial charge in [0, 0.05) is 24.4 Å². The second-order valence-electron chi connectivity index (χ2n) is 4.45. The summed E-state index contributed by atoms with van der Waals surface area (Å²) >= 11 is 5.96. The molecule has 3 nitrogen and oxygen atoms in total. The van der Waals surface area contributed by atoms with Crippen molar-refractivity contribution in [2.45, 2.75) is 31.4 Å². The first-order chi connectivity index (χ1) is 7.40. The SMILES string of the molecule is ClCC1CCOC1c1cncn1C1CC1. The van der Waals surface area contributed by atoms with Crippen LogP contribution in [0.2, 0.25) is 0 Å². The van der Waals surface area contributed by atoms with Gasteiger partial charge in [0.05, 0.1) is 18.2 Å². The van der Waals surface area contributed by atoms with Gasteiger partial charge in [-0.2, -0.15) is 0 Å². The average Bonchev–Trinajstić information content (AvgIpc) is 2.83. The molecule has 0 radical (unpaired) electrons. The number of imidazole rings is 1. The Morgan fingerprint density at radius 1 is 1.47 bits per heavy atom. The molecule has 1 aromatic heterocycles. The summed E-state index contributed by atoms with van der Waals surface area (Å²) in [6, 6.07) is 0.669. The maximum absolute atomic E-state index is 5.96. The van der Waals surface area contributed by atoms with Crippen molar-refractivity contribution < 1.29 is 4.74 Å². The zero-order valence-electron chi connectivity index (χ0n) is 8.60. The summed E-state index contributed by atoms with van der Waals surface area (Å²) in [5.41, 5.74) is 1.22. The highest BCUT2D eigenvalue weighted by Gasteiger charge is 2.34. The lowest BCUT2D eigenvalue weighted by Gasteiger charge is -2.17. The Balaban J connectivity index is 1.87. The molecular weight excluding hydrogens is 212 g/mol. The lowest BCUT2D eigenvalue weighted by molar-refractivity contribution is 0.0885. The molecular formula is C11H15ClN2O. The summed E-state index contributed by atoms with van der Waals surface area (Å²) in [4.78, 5) is 4.24. The van der Waals surface area contributed by atoms with Gasteiger partial charge in [0.2, 0.25) is 0 Å². The third-order valence-electron chi connectivity index (χ3n) is 3.34. The number of alkyl halides is 1. The second kappa shape index (κ2) is 3.80. The summed E-state index contributed by atoms with van der Waals surface area (Å²) in [6.07, 6.45) is 7.67. The summed E-state index contributed by atoms with van der Waals surface area (Å²) in [7, 11) is 0. The van der Waals surface area contributed by atoms with Gasteiger partial charge >= 0.3 is 0 Å². The van der Waals surface area contributed by atoms with E-state index in [0.29, 0.717) is 17.8 Å². The predicted molar refractivity (Wildman–Crippen MR) is 58.0 cm³/mol. The monoisotopic (exact) mass is 226 g/mol. The molecule has 4 heteroatoms. The van der Waals surface area contributed by atoms with Crippen LogP contribution in [0.15, 0.2) is 12.5 Å². The largest absolute Gasteiger partial charge is 0.372 e. The first-order valence-electron chi connectivity index (χ1n) is 5.59. The highest BCUT2D eigenvalue weighted by Crippen LogP contribution is 2.41. The maximum Gasteiger partial charge on any atom is 0.103 e. The van der Waals surface area contributed by atoms with Crippen LogP contribution in [0, 0.1) is 5.92 Å². The summed E-state index contributed by atoms with van der Waals surface area (Å²) in [5, 5.41) is 0. The molecule has 15 heavy (non-hydrogen) atoms. The Kier molecular flexibility index (Phi) is 2.45. The summed E-state index contributed by atoms with van der Waals surface area (Å²) < 4.78 is 8.05. The van der Waals surface area contributed by atoms with E-state index in [1.807, 2.05) is 12.5 Å². The second-order valence-corrected chi connectivity index (χ2v) is 4.76. The lowest BCUT2D eigenvalue weighted by atomic mass is 10.0. The van der Waals surface area contributed by atoms with Crippen molar-refractivity contribution in [1.82, 2.24) is 9.55 Å². The number of nitrogens with zero attached hydrogens (tertiary/aromatic N) is 2. The highest BCUT2D eigenvalue weighted by atomic mass is 35.5. The topological polar surface area (TPSA) is 27.1 Å². The van der Waals surface area contributed by atoms with Gasteiger partial charge in [-0.05, 0) is 19.3 Å². The van der Waals surface area contributed by atoms with E-state index in [9.17, 15) is 0 Å². The molecule has 1 saturated heterocycles. The molecule has 0 N–H and O–H groups in total. The van der Waals surface area contributed by atoms with Gasteiger partial charge in [0.1, 0.15) is 6.10 Å². The fourth-order valence-corrected chi connectivity index (χ4v) is 2.63. The van der Waals surface area contributed by atoms with Crippen molar-refractivity contribution in [3.8, 4) is 0 Å². The fraction of sp³-hybridized carbons (Fsp3) is 0.727. The molecule has 0 spiro atoms.